The molecule has 1 aliphatic carbocycles. The third kappa shape index (κ3) is 4.12. The fourth-order valence-electron chi connectivity index (χ4n) is 4.56. The second-order valence-electron chi connectivity index (χ2n) is 9.10. The number of para-hydroxylation sites is 2. The summed E-state index contributed by atoms with van der Waals surface area (Å²) in [6.45, 7) is 4.00. The van der Waals surface area contributed by atoms with Crippen molar-refractivity contribution in [1.82, 2.24) is 25.2 Å². The Bertz CT molecular complexity index is 1380. The Balaban J connectivity index is 1.19. The SMILES string of the molecule is Nc1nc(CN2CCN(c3cc(C(=O)NC4CC4)c4ccccc4n3)CC2)nc2ccccc12. The zero-order valence-electron chi connectivity index (χ0n) is 18.9. The van der Waals surface area contributed by atoms with Gasteiger partial charge in [0.05, 0.1) is 23.1 Å². The van der Waals surface area contributed by atoms with E-state index in [1.54, 1.807) is 0 Å². The predicted molar refractivity (Wildman–Crippen MR) is 134 cm³/mol. The van der Waals surface area contributed by atoms with Crippen molar-refractivity contribution in [2.45, 2.75) is 25.4 Å². The second-order valence-corrected chi connectivity index (χ2v) is 9.10. The molecule has 8 heteroatoms. The maximum atomic E-state index is 12.9. The molecule has 0 unspecified atom stereocenters. The molecule has 0 bridgehead atoms. The maximum absolute atomic E-state index is 12.9. The van der Waals surface area contributed by atoms with E-state index in [9.17, 15) is 4.79 Å². The molecule has 1 saturated heterocycles. The summed E-state index contributed by atoms with van der Waals surface area (Å²) in [6, 6.07) is 18.0. The van der Waals surface area contributed by atoms with Gasteiger partial charge in [0.2, 0.25) is 0 Å². The first-order valence-electron chi connectivity index (χ1n) is 11.8. The summed E-state index contributed by atoms with van der Waals surface area (Å²) in [5.41, 5.74) is 8.59. The van der Waals surface area contributed by atoms with Gasteiger partial charge in [0.15, 0.2) is 0 Å². The van der Waals surface area contributed by atoms with E-state index < -0.39 is 0 Å². The topological polar surface area (TPSA) is 100 Å². The Morgan fingerprint density at radius 3 is 2.32 bits per heavy atom. The highest BCUT2D eigenvalue weighted by Gasteiger charge is 2.26. The van der Waals surface area contributed by atoms with E-state index in [1.165, 1.54) is 0 Å². The zero-order chi connectivity index (χ0) is 23.1. The van der Waals surface area contributed by atoms with Crippen LogP contribution in [0.1, 0.15) is 29.0 Å². The molecule has 0 spiro atoms. The van der Waals surface area contributed by atoms with Crippen LogP contribution in [0.4, 0.5) is 11.6 Å². The van der Waals surface area contributed by atoms with Crippen LogP contribution in [0.5, 0.6) is 0 Å². The highest BCUT2D eigenvalue weighted by Crippen LogP contribution is 2.26. The summed E-state index contributed by atoms with van der Waals surface area (Å²) in [5, 5.41) is 4.91. The highest BCUT2D eigenvalue weighted by atomic mass is 16.1. The number of hydrogen-bond donors (Lipinski definition) is 2. The van der Waals surface area contributed by atoms with Crippen molar-refractivity contribution >= 4 is 39.3 Å². The summed E-state index contributed by atoms with van der Waals surface area (Å²) in [5.74, 6) is 2.11. The summed E-state index contributed by atoms with van der Waals surface area (Å²) >= 11 is 0. The number of nitrogen functional groups attached to an aromatic ring is 1. The van der Waals surface area contributed by atoms with Crippen molar-refractivity contribution < 1.29 is 4.79 Å². The number of aromatic nitrogens is 3. The third-order valence-corrected chi connectivity index (χ3v) is 6.60. The number of hydrogen-bond acceptors (Lipinski definition) is 7. The Kier molecular flexibility index (Phi) is 5.22. The van der Waals surface area contributed by atoms with Crippen LogP contribution in [0.3, 0.4) is 0 Å². The third-order valence-electron chi connectivity index (χ3n) is 6.60. The fraction of sp³-hybridized carbons (Fsp3) is 0.308. The average molecular weight is 454 g/mol. The lowest BCUT2D eigenvalue weighted by Crippen LogP contribution is -2.46. The van der Waals surface area contributed by atoms with Crippen LogP contribution >= 0.6 is 0 Å². The molecule has 1 amide bonds. The Hall–Kier alpha value is -3.78. The predicted octanol–water partition coefficient (Wildman–Crippen LogP) is 2.97. The first-order valence-corrected chi connectivity index (χ1v) is 11.8. The first-order chi connectivity index (χ1) is 16.6. The van der Waals surface area contributed by atoms with Crippen molar-refractivity contribution in [2.75, 3.05) is 36.8 Å². The summed E-state index contributed by atoms with van der Waals surface area (Å²) in [7, 11) is 0. The summed E-state index contributed by atoms with van der Waals surface area (Å²) < 4.78 is 0. The van der Waals surface area contributed by atoms with Gasteiger partial charge < -0.3 is 16.0 Å². The number of carbonyl (C=O) groups is 1. The number of piperazine rings is 1. The summed E-state index contributed by atoms with van der Waals surface area (Å²) in [4.78, 5) is 31.6. The Morgan fingerprint density at radius 1 is 0.912 bits per heavy atom. The number of amides is 1. The summed E-state index contributed by atoms with van der Waals surface area (Å²) in [6.07, 6.45) is 2.13. The maximum Gasteiger partial charge on any atom is 0.252 e. The van der Waals surface area contributed by atoms with Crippen LogP contribution in [0, 0.1) is 0 Å². The second kappa shape index (κ2) is 8.53. The molecule has 3 N–H and O–H groups in total. The van der Waals surface area contributed by atoms with Crippen molar-refractivity contribution in [1.29, 1.82) is 0 Å². The van der Waals surface area contributed by atoms with Crippen LogP contribution < -0.4 is 16.0 Å². The van der Waals surface area contributed by atoms with Gasteiger partial charge in [0.1, 0.15) is 17.5 Å². The minimum atomic E-state index is -0.00738. The molecule has 4 aromatic rings. The van der Waals surface area contributed by atoms with E-state index >= 15 is 0 Å². The van der Waals surface area contributed by atoms with Gasteiger partial charge in [0, 0.05) is 43.0 Å². The smallest absolute Gasteiger partial charge is 0.252 e. The van der Waals surface area contributed by atoms with Crippen LogP contribution in [0.25, 0.3) is 21.8 Å². The van der Waals surface area contributed by atoms with E-state index in [0.29, 0.717) is 24.0 Å². The number of pyridine rings is 1. The number of nitrogens with two attached hydrogens (primary N) is 1. The van der Waals surface area contributed by atoms with E-state index in [1.807, 2.05) is 54.6 Å². The molecule has 6 rings (SSSR count). The number of nitrogens with zero attached hydrogens (tertiary/aromatic N) is 5. The van der Waals surface area contributed by atoms with Crippen LogP contribution in [-0.4, -0.2) is 58.0 Å². The molecule has 2 aromatic carbocycles. The lowest BCUT2D eigenvalue weighted by Gasteiger charge is -2.35. The zero-order valence-corrected chi connectivity index (χ0v) is 18.9. The van der Waals surface area contributed by atoms with Crippen LogP contribution in [0.2, 0.25) is 0 Å². The molecule has 2 aromatic heterocycles. The molecule has 1 saturated carbocycles. The Labute approximate surface area is 197 Å². The number of fused-ring (bicyclic) bond motifs is 2. The Morgan fingerprint density at radius 2 is 1.59 bits per heavy atom. The minimum absolute atomic E-state index is 0.00738. The van der Waals surface area contributed by atoms with Gasteiger partial charge in [-0.25, -0.2) is 15.0 Å². The molecule has 0 radical (unpaired) electrons. The van der Waals surface area contributed by atoms with Gasteiger partial charge in [-0.15, -0.1) is 0 Å². The minimum Gasteiger partial charge on any atom is -0.383 e. The molecule has 172 valence electrons. The fourth-order valence-corrected chi connectivity index (χ4v) is 4.56. The lowest BCUT2D eigenvalue weighted by atomic mass is 10.1. The number of anilines is 2. The molecule has 3 heterocycles. The normalized spacial score (nSPS) is 16.8. The lowest BCUT2D eigenvalue weighted by molar-refractivity contribution is 0.0952. The van der Waals surface area contributed by atoms with Gasteiger partial charge in [-0.3, -0.25) is 9.69 Å². The molecule has 34 heavy (non-hydrogen) atoms. The average Bonchev–Trinajstić information content (AvgIpc) is 3.68. The van der Waals surface area contributed by atoms with Gasteiger partial charge >= 0.3 is 0 Å². The van der Waals surface area contributed by atoms with Crippen molar-refractivity contribution in [2.24, 2.45) is 0 Å². The van der Waals surface area contributed by atoms with E-state index in [0.717, 1.165) is 72.5 Å². The van der Waals surface area contributed by atoms with Crippen LogP contribution in [0.15, 0.2) is 54.6 Å². The van der Waals surface area contributed by atoms with Crippen LogP contribution in [-0.2, 0) is 6.54 Å². The molecule has 2 fully saturated rings. The highest BCUT2D eigenvalue weighted by molar-refractivity contribution is 6.07. The molecule has 0 atom stereocenters. The molecule has 2 aliphatic rings. The van der Waals surface area contributed by atoms with E-state index in [-0.39, 0.29) is 5.91 Å². The molecule has 8 nitrogen and oxygen atoms in total. The standard InChI is InChI=1S/C26H27N7O/c27-25-19-6-2-4-8-22(19)29-23(31-25)16-32-11-13-33(14-12-32)24-15-20(26(34)28-17-9-10-17)18-5-1-3-7-21(18)30-24/h1-8,15,17H,9-14,16H2,(H,28,34)(H2,27,29,31). The number of nitrogens with one attached hydrogen (secondary N) is 1. The number of benzene rings is 2. The largest absolute Gasteiger partial charge is 0.383 e. The molecular weight excluding hydrogens is 426 g/mol. The van der Waals surface area contributed by atoms with E-state index in [2.05, 4.69) is 20.1 Å². The van der Waals surface area contributed by atoms with Gasteiger partial charge in [-0.2, -0.15) is 0 Å². The molecule has 1 aliphatic heterocycles. The van der Waals surface area contributed by atoms with Crippen molar-refractivity contribution in [3.05, 3.63) is 66.0 Å². The quantitative estimate of drug-likeness (QED) is 0.479. The number of rotatable bonds is 5. The van der Waals surface area contributed by atoms with Gasteiger partial charge in [-0.05, 0) is 37.1 Å². The van der Waals surface area contributed by atoms with Crippen molar-refractivity contribution in [3.63, 3.8) is 0 Å². The van der Waals surface area contributed by atoms with Gasteiger partial charge in [-0.1, -0.05) is 30.3 Å². The van der Waals surface area contributed by atoms with Crippen molar-refractivity contribution in [3.8, 4) is 0 Å². The van der Waals surface area contributed by atoms with Gasteiger partial charge in [0.25, 0.3) is 5.91 Å². The monoisotopic (exact) mass is 453 g/mol. The van der Waals surface area contributed by atoms with E-state index in [4.69, 9.17) is 15.7 Å². The molecular formula is C26H27N7O. The number of carbonyl (C=O) groups excluding carboxylic acids is 1. The first kappa shape index (κ1) is 20.8.